The molecule has 4 heteroatoms. The van der Waals surface area contributed by atoms with E-state index in [1.165, 1.54) is 25.7 Å². The van der Waals surface area contributed by atoms with Gasteiger partial charge in [0.05, 0.1) is 0 Å². The zero-order valence-electron chi connectivity index (χ0n) is 11.9. The summed E-state index contributed by atoms with van der Waals surface area (Å²) in [6.07, 6.45) is 6.56. The molecule has 0 aromatic heterocycles. The molecule has 110 valence electrons. The molecule has 3 N–H and O–H groups in total. The first-order chi connectivity index (χ1) is 9.74. The van der Waals surface area contributed by atoms with Crippen molar-refractivity contribution in [1.29, 1.82) is 0 Å². The van der Waals surface area contributed by atoms with Gasteiger partial charge in [0.2, 0.25) is 5.91 Å². The van der Waals surface area contributed by atoms with Crippen molar-refractivity contribution in [3.05, 3.63) is 24.3 Å². The Bertz CT molecular complexity index is 413. The first-order valence-corrected chi connectivity index (χ1v) is 7.47. The Balaban J connectivity index is 1.50. The van der Waals surface area contributed by atoms with Gasteiger partial charge < -0.3 is 15.8 Å². The summed E-state index contributed by atoms with van der Waals surface area (Å²) in [5.41, 5.74) is 7.07. The number of benzene rings is 1. The van der Waals surface area contributed by atoms with Gasteiger partial charge in [0.25, 0.3) is 0 Å². The molecule has 0 spiro atoms. The van der Waals surface area contributed by atoms with Gasteiger partial charge in [0.15, 0.2) is 0 Å². The number of nitrogens with one attached hydrogen (secondary N) is 1. The lowest BCUT2D eigenvalue weighted by Crippen LogP contribution is -2.15. The Morgan fingerprint density at radius 1 is 1.25 bits per heavy atom. The van der Waals surface area contributed by atoms with E-state index in [-0.39, 0.29) is 5.91 Å². The zero-order valence-corrected chi connectivity index (χ0v) is 11.9. The van der Waals surface area contributed by atoms with E-state index < -0.39 is 0 Å². The lowest BCUT2D eigenvalue weighted by atomic mass is 9.83. The third-order valence-electron chi connectivity index (χ3n) is 3.78. The SMILES string of the molecule is Nc1ccc(NC(=O)CCCOCCC2CCC2)cc1. The van der Waals surface area contributed by atoms with Crippen LogP contribution in [0, 0.1) is 5.92 Å². The van der Waals surface area contributed by atoms with E-state index in [0.29, 0.717) is 18.7 Å². The second kappa shape index (κ2) is 7.90. The van der Waals surface area contributed by atoms with E-state index in [1.807, 2.05) is 12.1 Å². The van der Waals surface area contributed by atoms with Gasteiger partial charge in [-0.2, -0.15) is 0 Å². The topological polar surface area (TPSA) is 64.3 Å². The molecule has 1 aromatic carbocycles. The van der Waals surface area contributed by atoms with Gasteiger partial charge >= 0.3 is 0 Å². The minimum absolute atomic E-state index is 0.0253. The Morgan fingerprint density at radius 3 is 2.65 bits per heavy atom. The Labute approximate surface area is 120 Å². The minimum atomic E-state index is 0.0253. The summed E-state index contributed by atoms with van der Waals surface area (Å²) in [4.78, 5) is 11.7. The third kappa shape index (κ3) is 5.21. The molecule has 1 amide bonds. The van der Waals surface area contributed by atoms with E-state index in [4.69, 9.17) is 10.5 Å². The molecule has 1 aliphatic carbocycles. The highest BCUT2D eigenvalue weighted by Crippen LogP contribution is 2.29. The van der Waals surface area contributed by atoms with Crippen molar-refractivity contribution in [2.75, 3.05) is 24.3 Å². The number of amides is 1. The van der Waals surface area contributed by atoms with Gasteiger partial charge in [-0.25, -0.2) is 0 Å². The number of nitrogens with two attached hydrogens (primary N) is 1. The summed E-state index contributed by atoms with van der Waals surface area (Å²) in [5.74, 6) is 0.918. The predicted octanol–water partition coefficient (Wildman–Crippen LogP) is 3.19. The molecular weight excluding hydrogens is 252 g/mol. The van der Waals surface area contributed by atoms with E-state index in [2.05, 4.69) is 5.32 Å². The van der Waals surface area contributed by atoms with E-state index >= 15 is 0 Å². The second-order valence-electron chi connectivity index (χ2n) is 5.47. The van der Waals surface area contributed by atoms with Crippen LogP contribution in [-0.4, -0.2) is 19.1 Å². The lowest BCUT2D eigenvalue weighted by Gasteiger charge is -2.24. The van der Waals surface area contributed by atoms with Gasteiger partial charge in [-0.3, -0.25) is 4.79 Å². The van der Waals surface area contributed by atoms with Crippen molar-refractivity contribution >= 4 is 17.3 Å². The molecule has 20 heavy (non-hydrogen) atoms. The van der Waals surface area contributed by atoms with E-state index in [0.717, 1.165) is 24.6 Å². The first kappa shape index (κ1) is 14.9. The number of nitrogen functional groups attached to an aromatic ring is 1. The number of ether oxygens (including phenoxy) is 1. The number of hydrogen-bond acceptors (Lipinski definition) is 3. The van der Waals surface area contributed by atoms with E-state index in [1.54, 1.807) is 12.1 Å². The van der Waals surface area contributed by atoms with Crippen LogP contribution >= 0.6 is 0 Å². The van der Waals surface area contributed by atoms with Crippen molar-refractivity contribution in [3.63, 3.8) is 0 Å². The summed E-state index contributed by atoms with van der Waals surface area (Å²) >= 11 is 0. The summed E-state index contributed by atoms with van der Waals surface area (Å²) in [6.45, 7) is 1.51. The van der Waals surface area contributed by atoms with Crippen molar-refractivity contribution in [2.24, 2.45) is 5.92 Å². The van der Waals surface area contributed by atoms with Crippen LogP contribution in [0.5, 0.6) is 0 Å². The smallest absolute Gasteiger partial charge is 0.224 e. The Morgan fingerprint density at radius 2 is 2.00 bits per heavy atom. The monoisotopic (exact) mass is 276 g/mol. The maximum atomic E-state index is 11.7. The Kier molecular flexibility index (Phi) is 5.87. The summed E-state index contributed by atoms with van der Waals surface area (Å²) in [6, 6.07) is 7.17. The van der Waals surface area contributed by atoms with Crippen LogP contribution in [0.4, 0.5) is 11.4 Å². The van der Waals surface area contributed by atoms with Gasteiger partial charge in [0, 0.05) is 31.0 Å². The highest BCUT2D eigenvalue weighted by molar-refractivity contribution is 5.90. The molecule has 4 nitrogen and oxygen atoms in total. The third-order valence-corrected chi connectivity index (χ3v) is 3.78. The molecule has 0 aliphatic heterocycles. The maximum Gasteiger partial charge on any atom is 0.224 e. The van der Waals surface area contributed by atoms with Crippen LogP contribution in [0.3, 0.4) is 0 Å². The normalized spacial score (nSPS) is 14.8. The minimum Gasteiger partial charge on any atom is -0.399 e. The second-order valence-corrected chi connectivity index (χ2v) is 5.47. The van der Waals surface area contributed by atoms with Crippen molar-refractivity contribution in [3.8, 4) is 0 Å². The molecule has 0 atom stereocenters. The van der Waals surface area contributed by atoms with Gasteiger partial charge in [-0.1, -0.05) is 19.3 Å². The molecule has 0 bridgehead atoms. The largest absolute Gasteiger partial charge is 0.399 e. The van der Waals surface area contributed by atoms with Crippen LogP contribution in [0.1, 0.15) is 38.5 Å². The summed E-state index contributed by atoms with van der Waals surface area (Å²) in [7, 11) is 0. The molecule has 2 rings (SSSR count). The van der Waals surface area contributed by atoms with Crippen molar-refractivity contribution in [1.82, 2.24) is 0 Å². The first-order valence-electron chi connectivity index (χ1n) is 7.47. The lowest BCUT2D eigenvalue weighted by molar-refractivity contribution is -0.116. The number of hydrogen-bond donors (Lipinski definition) is 2. The highest BCUT2D eigenvalue weighted by atomic mass is 16.5. The quantitative estimate of drug-likeness (QED) is 0.566. The van der Waals surface area contributed by atoms with Crippen LogP contribution in [-0.2, 0) is 9.53 Å². The number of anilines is 2. The van der Waals surface area contributed by atoms with Gasteiger partial charge in [0.1, 0.15) is 0 Å². The summed E-state index contributed by atoms with van der Waals surface area (Å²) in [5, 5.41) is 2.85. The molecule has 0 radical (unpaired) electrons. The van der Waals surface area contributed by atoms with Crippen LogP contribution in [0.2, 0.25) is 0 Å². The van der Waals surface area contributed by atoms with Gasteiger partial charge in [-0.15, -0.1) is 0 Å². The van der Waals surface area contributed by atoms with Crippen LogP contribution in [0.25, 0.3) is 0 Å². The number of carbonyl (C=O) groups excluding carboxylic acids is 1. The molecule has 0 heterocycles. The average molecular weight is 276 g/mol. The molecule has 0 saturated heterocycles. The fraction of sp³-hybridized carbons (Fsp3) is 0.562. The zero-order chi connectivity index (χ0) is 14.2. The molecular formula is C16H24N2O2. The van der Waals surface area contributed by atoms with Crippen molar-refractivity contribution in [2.45, 2.75) is 38.5 Å². The van der Waals surface area contributed by atoms with Gasteiger partial charge in [-0.05, 0) is 43.0 Å². The predicted molar refractivity (Wildman–Crippen MR) is 81.5 cm³/mol. The highest BCUT2D eigenvalue weighted by Gasteiger charge is 2.16. The average Bonchev–Trinajstić information content (AvgIpc) is 2.38. The maximum absolute atomic E-state index is 11.7. The standard InChI is InChI=1S/C16H24N2O2/c17-14-6-8-15(9-7-14)18-16(19)5-2-11-20-12-10-13-3-1-4-13/h6-9,13H,1-5,10-12,17H2,(H,18,19). The van der Waals surface area contributed by atoms with Crippen molar-refractivity contribution < 1.29 is 9.53 Å². The molecule has 0 unspecified atom stereocenters. The molecule has 1 aliphatic rings. The summed E-state index contributed by atoms with van der Waals surface area (Å²) < 4.78 is 5.56. The fourth-order valence-corrected chi connectivity index (χ4v) is 2.26. The fourth-order valence-electron chi connectivity index (χ4n) is 2.26. The molecule has 1 fully saturated rings. The molecule has 1 saturated carbocycles. The Hall–Kier alpha value is -1.55. The van der Waals surface area contributed by atoms with Crippen LogP contribution in [0.15, 0.2) is 24.3 Å². The number of rotatable bonds is 8. The van der Waals surface area contributed by atoms with E-state index in [9.17, 15) is 4.79 Å². The number of carbonyl (C=O) groups is 1. The van der Waals surface area contributed by atoms with Crippen LogP contribution < -0.4 is 11.1 Å². The molecule has 1 aromatic rings.